The fraction of sp³-hybridized carbons (Fsp3) is 0.176. The van der Waals surface area contributed by atoms with Gasteiger partial charge in [-0.2, -0.15) is 36.6 Å². The number of nitriles is 1. The third kappa shape index (κ3) is 4.85. The molecule has 2 aromatic carbocycles. The summed E-state index contributed by atoms with van der Waals surface area (Å²) in [6, 6.07) is 7.33. The molecule has 0 aliphatic rings. The Hall–Kier alpha value is -3.42. The number of nitrogens with zero attached hydrogens (tertiary/aromatic N) is 4. The van der Waals surface area contributed by atoms with Crippen molar-refractivity contribution in [1.82, 2.24) is 0 Å². The van der Waals surface area contributed by atoms with E-state index in [9.17, 15) is 31.1 Å². The normalized spacial score (nSPS) is 12.1. The lowest BCUT2D eigenvalue weighted by Gasteiger charge is -2.17. The molecular formula is C17H10F6N4O. The minimum Gasteiger partial charge on any atom is -0.273 e. The van der Waals surface area contributed by atoms with Crippen LogP contribution >= 0.6 is 0 Å². The second kappa shape index (κ2) is 7.67. The lowest BCUT2D eigenvalue weighted by Crippen LogP contribution is -2.23. The predicted octanol–water partition coefficient (Wildman–Crippen LogP) is 5.65. The Bertz CT molecular complexity index is 959. The maximum atomic E-state index is 12.9. The largest absolute Gasteiger partial charge is 0.416 e. The average Bonchev–Trinajstić information content (AvgIpc) is 2.60. The van der Waals surface area contributed by atoms with Crippen LogP contribution in [-0.4, -0.2) is 5.91 Å². The standard InChI is InChI=1S/C17H10F6N4O/c1-10(28)27(15-8-13(17(21,22)23)6-5-11(15)9-24)26-25-14-4-2-3-12(7-14)16(18,19)20/h2-8H,1H3. The van der Waals surface area contributed by atoms with Gasteiger partial charge >= 0.3 is 12.4 Å². The summed E-state index contributed by atoms with van der Waals surface area (Å²) in [6.07, 6.45) is -9.38. The summed E-state index contributed by atoms with van der Waals surface area (Å²) in [5, 5.41) is 16.4. The first kappa shape index (κ1) is 20.9. The van der Waals surface area contributed by atoms with Crippen LogP contribution in [-0.2, 0) is 17.1 Å². The Kier molecular flexibility index (Phi) is 5.72. The Morgan fingerprint density at radius 2 is 1.61 bits per heavy atom. The van der Waals surface area contributed by atoms with Gasteiger partial charge in [0.05, 0.1) is 28.1 Å². The lowest BCUT2D eigenvalue weighted by atomic mass is 10.1. The average molecular weight is 400 g/mol. The second-order valence-electron chi connectivity index (χ2n) is 5.41. The van der Waals surface area contributed by atoms with Gasteiger partial charge in [0, 0.05) is 6.92 Å². The summed E-state index contributed by atoms with van der Waals surface area (Å²) in [4.78, 5) is 11.8. The van der Waals surface area contributed by atoms with Crippen LogP contribution in [0.1, 0.15) is 23.6 Å². The molecule has 28 heavy (non-hydrogen) atoms. The maximum absolute atomic E-state index is 12.9. The Labute approximate surface area is 154 Å². The number of anilines is 1. The van der Waals surface area contributed by atoms with E-state index in [-0.39, 0.29) is 11.3 Å². The first-order chi connectivity index (χ1) is 12.9. The van der Waals surface area contributed by atoms with Crippen LogP contribution in [0.25, 0.3) is 0 Å². The number of alkyl halides is 6. The second-order valence-corrected chi connectivity index (χ2v) is 5.41. The van der Waals surface area contributed by atoms with E-state index in [0.29, 0.717) is 23.2 Å². The highest BCUT2D eigenvalue weighted by molar-refractivity contribution is 5.92. The van der Waals surface area contributed by atoms with Gasteiger partial charge in [-0.25, -0.2) is 0 Å². The quantitative estimate of drug-likeness (QED) is 0.380. The zero-order chi connectivity index (χ0) is 21.1. The molecule has 0 aromatic heterocycles. The molecule has 1 amide bonds. The van der Waals surface area contributed by atoms with Crippen molar-refractivity contribution in [2.45, 2.75) is 19.3 Å². The molecule has 0 spiro atoms. The molecule has 11 heteroatoms. The molecule has 0 aliphatic heterocycles. The van der Waals surface area contributed by atoms with Gasteiger partial charge in [-0.1, -0.05) is 11.3 Å². The number of carbonyl (C=O) groups is 1. The molecule has 0 atom stereocenters. The fourth-order valence-electron chi connectivity index (χ4n) is 2.10. The van der Waals surface area contributed by atoms with E-state index in [1.54, 1.807) is 6.07 Å². The van der Waals surface area contributed by atoms with Gasteiger partial charge in [-0.15, -0.1) is 5.11 Å². The smallest absolute Gasteiger partial charge is 0.273 e. The summed E-state index contributed by atoms with van der Waals surface area (Å²) < 4.78 is 77.0. The van der Waals surface area contributed by atoms with Crippen LogP contribution in [0, 0.1) is 11.3 Å². The van der Waals surface area contributed by atoms with Gasteiger partial charge in [-0.3, -0.25) is 4.79 Å². The molecule has 5 nitrogen and oxygen atoms in total. The van der Waals surface area contributed by atoms with Crippen LogP contribution in [0.3, 0.4) is 0 Å². The van der Waals surface area contributed by atoms with Crippen molar-refractivity contribution in [3.63, 3.8) is 0 Å². The highest BCUT2D eigenvalue weighted by Crippen LogP contribution is 2.34. The van der Waals surface area contributed by atoms with Gasteiger partial charge in [0.2, 0.25) is 5.91 Å². The molecule has 0 saturated heterocycles. The summed E-state index contributed by atoms with van der Waals surface area (Å²) in [5.74, 6) is -0.897. The molecule has 0 unspecified atom stereocenters. The molecule has 146 valence electrons. The van der Waals surface area contributed by atoms with Gasteiger partial charge in [-0.05, 0) is 36.4 Å². The van der Waals surface area contributed by atoms with E-state index in [0.717, 1.165) is 31.2 Å². The third-order valence-electron chi connectivity index (χ3n) is 3.40. The van der Waals surface area contributed by atoms with E-state index in [4.69, 9.17) is 5.26 Å². The van der Waals surface area contributed by atoms with Crippen LogP contribution in [0.4, 0.5) is 37.7 Å². The minimum atomic E-state index is -4.75. The Balaban J connectivity index is 2.49. The molecule has 2 aromatic rings. The van der Waals surface area contributed by atoms with Crippen molar-refractivity contribution in [3.8, 4) is 6.07 Å². The van der Waals surface area contributed by atoms with Gasteiger partial charge in [0.25, 0.3) is 0 Å². The molecule has 0 N–H and O–H groups in total. The highest BCUT2D eigenvalue weighted by atomic mass is 19.4. The Morgan fingerprint density at radius 3 is 2.14 bits per heavy atom. The van der Waals surface area contributed by atoms with Crippen LogP contribution in [0.2, 0.25) is 0 Å². The van der Waals surface area contributed by atoms with Crippen molar-refractivity contribution >= 4 is 17.3 Å². The fourth-order valence-corrected chi connectivity index (χ4v) is 2.10. The van der Waals surface area contributed by atoms with E-state index >= 15 is 0 Å². The van der Waals surface area contributed by atoms with E-state index in [1.807, 2.05) is 0 Å². The van der Waals surface area contributed by atoms with Crippen molar-refractivity contribution < 1.29 is 31.1 Å². The van der Waals surface area contributed by atoms with Gasteiger partial charge < -0.3 is 0 Å². The zero-order valence-electron chi connectivity index (χ0n) is 14.0. The SMILES string of the molecule is CC(=O)N(N=Nc1cccc(C(F)(F)F)c1)c1cc(C(F)(F)F)ccc1C#N. The van der Waals surface area contributed by atoms with Gasteiger partial charge in [0.15, 0.2) is 0 Å². The minimum absolute atomic E-state index is 0.286. The third-order valence-corrected chi connectivity index (χ3v) is 3.40. The van der Waals surface area contributed by atoms with Crippen molar-refractivity contribution in [2.75, 3.05) is 5.01 Å². The number of amides is 1. The first-order valence-corrected chi connectivity index (χ1v) is 7.44. The van der Waals surface area contributed by atoms with Crippen molar-refractivity contribution in [3.05, 3.63) is 59.2 Å². The van der Waals surface area contributed by atoms with E-state index in [1.165, 1.54) is 0 Å². The molecular weight excluding hydrogens is 390 g/mol. The summed E-state index contributed by atoms with van der Waals surface area (Å²) in [5.41, 5.74) is -3.24. The molecule has 0 radical (unpaired) electrons. The van der Waals surface area contributed by atoms with Crippen molar-refractivity contribution in [1.29, 1.82) is 5.26 Å². The lowest BCUT2D eigenvalue weighted by molar-refractivity contribution is -0.138. The predicted molar refractivity (Wildman–Crippen MR) is 85.3 cm³/mol. The molecule has 2 rings (SSSR count). The van der Waals surface area contributed by atoms with E-state index < -0.39 is 35.1 Å². The monoisotopic (exact) mass is 400 g/mol. The topological polar surface area (TPSA) is 68.8 Å². The number of halogens is 6. The highest BCUT2D eigenvalue weighted by Gasteiger charge is 2.32. The van der Waals surface area contributed by atoms with E-state index in [2.05, 4.69) is 10.3 Å². The molecule has 0 aliphatic carbocycles. The molecule has 0 heterocycles. The molecule has 0 saturated carbocycles. The van der Waals surface area contributed by atoms with Crippen LogP contribution < -0.4 is 5.01 Å². The molecule has 0 fully saturated rings. The Morgan fingerprint density at radius 1 is 1.00 bits per heavy atom. The van der Waals surface area contributed by atoms with Crippen molar-refractivity contribution in [2.24, 2.45) is 10.3 Å². The number of benzene rings is 2. The number of rotatable bonds is 3. The number of hydrogen-bond acceptors (Lipinski definition) is 4. The first-order valence-electron chi connectivity index (χ1n) is 7.44. The summed E-state index contributed by atoms with van der Waals surface area (Å²) in [7, 11) is 0. The zero-order valence-corrected chi connectivity index (χ0v) is 14.0. The molecule has 0 bridgehead atoms. The number of carbonyl (C=O) groups excluding carboxylic acids is 1. The van der Waals surface area contributed by atoms with Crippen LogP contribution in [0.15, 0.2) is 52.8 Å². The summed E-state index contributed by atoms with van der Waals surface area (Å²) >= 11 is 0. The summed E-state index contributed by atoms with van der Waals surface area (Å²) in [6.45, 7) is 0.951. The number of hydrogen-bond donors (Lipinski definition) is 0. The van der Waals surface area contributed by atoms with Gasteiger partial charge in [0.1, 0.15) is 6.07 Å². The van der Waals surface area contributed by atoms with Crippen LogP contribution in [0.5, 0.6) is 0 Å². The maximum Gasteiger partial charge on any atom is 0.416 e.